The average molecular weight is 349 g/mol. The summed E-state index contributed by atoms with van der Waals surface area (Å²) in [6, 6.07) is 18.5. The normalized spacial score (nSPS) is 17.3. The van der Waals surface area contributed by atoms with Gasteiger partial charge >= 0.3 is 0 Å². The van der Waals surface area contributed by atoms with Gasteiger partial charge in [-0.25, -0.2) is 0 Å². The van der Waals surface area contributed by atoms with Crippen LogP contribution in [0.15, 0.2) is 82.4 Å². The van der Waals surface area contributed by atoms with Crippen molar-refractivity contribution >= 4 is 34.5 Å². The lowest BCUT2D eigenvalue weighted by Gasteiger charge is -2.29. The van der Waals surface area contributed by atoms with E-state index in [0.717, 1.165) is 34.1 Å². The predicted molar refractivity (Wildman–Crippen MR) is 105 cm³/mol. The second kappa shape index (κ2) is 6.65. The standard InChI is InChI=1S/C20H17ClN4/c1-2-16(21)17-13-25-18-11-7-6-10-15(18)20(14-8-4-3-5-9-14)22-12-19(25)24-23-17/h2-11,16H,1,12-13H2. The number of alkyl halides is 1. The molecule has 0 amide bonds. The Morgan fingerprint density at radius 3 is 2.60 bits per heavy atom. The molecular weight excluding hydrogens is 332 g/mol. The number of fused-ring (bicyclic) bond motifs is 3. The maximum Gasteiger partial charge on any atom is 0.154 e. The van der Waals surface area contributed by atoms with E-state index in [1.807, 2.05) is 30.3 Å². The maximum atomic E-state index is 6.29. The molecule has 1 unspecified atom stereocenters. The lowest BCUT2D eigenvalue weighted by molar-refractivity contribution is 1.02. The van der Waals surface area contributed by atoms with Gasteiger partial charge in [-0.3, -0.25) is 4.99 Å². The molecule has 2 aliphatic heterocycles. The first kappa shape index (κ1) is 15.8. The first-order chi connectivity index (χ1) is 12.3. The topological polar surface area (TPSA) is 40.3 Å². The molecule has 0 spiro atoms. The number of benzene rings is 2. The number of anilines is 1. The lowest BCUT2D eigenvalue weighted by Crippen LogP contribution is -2.41. The second-order valence-corrected chi connectivity index (χ2v) is 6.35. The number of aliphatic imine (C=N–C) groups is 1. The molecule has 0 aromatic heterocycles. The smallest absolute Gasteiger partial charge is 0.154 e. The van der Waals surface area contributed by atoms with Crippen LogP contribution in [-0.4, -0.2) is 35.7 Å². The minimum absolute atomic E-state index is 0.324. The van der Waals surface area contributed by atoms with E-state index in [0.29, 0.717) is 13.1 Å². The minimum Gasteiger partial charge on any atom is -0.320 e. The van der Waals surface area contributed by atoms with Crippen LogP contribution in [0, 0.1) is 0 Å². The van der Waals surface area contributed by atoms with Gasteiger partial charge in [0.15, 0.2) is 5.84 Å². The van der Waals surface area contributed by atoms with Gasteiger partial charge in [-0.05, 0) is 6.07 Å². The van der Waals surface area contributed by atoms with Crippen molar-refractivity contribution in [2.75, 3.05) is 18.0 Å². The van der Waals surface area contributed by atoms with Crippen LogP contribution in [-0.2, 0) is 0 Å². The maximum absolute atomic E-state index is 6.29. The Bertz CT molecular complexity index is 899. The average Bonchev–Trinajstić information content (AvgIpc) is 2.84. The highest BCUT2D eigenvalue weighted by molar-refractivity contribution is 6.35. The number of rotatable bonds is 3. The van der Waals surface area contributed by atoms with E-state index in [1.54, 1.807) is 6.08 Å². The summed E-state index contributed by atoms with van der Waals surface area (Å²) in [5.74, 6) is 0.829. The molecule has 0 saturated carbocycles. The summed E-state index contributed by atoms with van der Waals surface area (Å²) in [7, 11) is 0. The molecule has 2 heterocycles. The highest BCUT2D eigenvalue weighted by Crippen LogP contribution is 2.28. The summed E-state index contributed by atoms with van der Waals surface area (Å²) in [5, 5.41) is 8.34. The molecule has 0 radical (unpaired) electrons. The number of nitrogens with zero attached hydrogens (tertiary/aromatic N) is 4. The summed E-state index contributed by atoms with van der Waals surface area (Å²) in [6.45, 7) is 4.83. The van der Waals surface area contributed by atoms with Gasteiger partial charge in [-0.1, -0.05) is 54.6 Å². The number of para-hydroxylation sites is 1. The van der Waals surface area contributed by atoms with Crippen LogP contribution in [0.1, 0.15) is 11.1 Å². The molecule has 0 fully saturated rings. The molecule has 2 aromatic carbocycles. The van der Waals surface area contributed by atoms with Crippen molar-refractivity contribution in [3.8, 4) is 0 Å². The summed E-state index contributed by atoms with van der Waals surface area (Å²) < 4.78 is 0. The van der Waals surface area contributed by atoms with E-state index < -0.39 is 0 Å². The zero-order valence-electron chi connectivity index (χ0n) is 13.6. The molecule has 0 saturated heterocycles. The van der Waals surface area contributed by atoms with Crippen LogP contribution in [0.5, 0.6) is 0 Å². The molecule has 0 bridgehead atoms. The molecule has 1 atom stereocenters. The highest BCUT2D eigenvalue weighted by atomic mass is 35.5. The van der Waals surface area contributed by atoms with Crippen molar-refractivity contribution in [2.45, 2.75) is 5.38 Å². The number of amidine groups is 1. The van der Waals surface area contributed by atoms with Crippen LogP contribution in [0.25, 0.3) is 0 Å². The van der Waals surface area contributed by atoms with Gasteiger partial charge in [-0.2, -0.15) is 5.10 Å². The zero-order valence-corrected chi connectivity index (χ0v) is 14.4. The number of hydrogen-bond donors (Lipinski definition) is 0. The number of halogens is 1. The van der Waals surface area contributed by atoms with E-state index in [-0.39, 0.29) is 5.38 Å². The Kier molecular flexibility index (Phi) is 4.20. The van der Waals surface area contributed by atoms with Crippen LogP contribution in [0.4, 0.5) is 5.69 Å². The van der Waals surface area contributed by atoms with Crippen LogP contribution in [0.2, 0.25) is 0 Å². The molecule has 0 aliphatic carbocycles. The SMILES string of the molecule is C=CC(Cl)C1=NN=C2CN=C(c3ccccc3)c3ccccc3N2C1. The van der Waals surface area contributed by atoms with Gasteiger partial charge in [0.25, 0.3) is 0 Å². The fourth-order valence-electron chi connectivity index (χ4n) is 3.07. The third-order valence-electron chi connectivity index (χ3n) is 4.33. The quantitative estimate of drug-likeness (QED) is 0.612. The van der Waals surface area contributed by atoms with Crippen LogP contribution in [0.3, 0.4) is 0 Å². The van der Waals surface area contributed by atoms with Crippen molar-refractivity contribution in [3.63, 3.8) is 0 Å². The van der Waals surface area contributed by atoms with Crippen molar-refractivity contribution in [2.24, 2.45) is 15.2 Å². The summed E-state index contributed by atoms with van der Waals surface area (Å²) in [5.41, 5.74) is 5.02. The summed E-state index contributed by atoms with van der Waals surface area (Å²) in [6.07, 6.45) is 1.68. The molecule has 4 rings (SSSR count). The number of allylic oxidation sites excluding steroid dienone is 1. The van der Waals surface area contributed by atoms with Crippen molar-refractivity contribution < 1.29 is 0 Å². The molecule has 4 nitrogen and oxygen atoms in total. The van der Waals surface area contributed by atoms with Crippen molar-refractivity contribution in [1.29, 1.82) is 0 Å². The van der Waals surface area contributed by atoms with Gasteiger partial charge < -0.3 is 4.90 Å². The predicted octanol–water partition coefficient (Wildman–Crippen LogP) is 3.91. The van der Waals surface area contributed by atoms with E-state index in [9.17, 15) is 0 Å². The Hall–Kier alpha value is -2.72. The Labute approximate surface area is 151 Å². The third kappa shape index (κ3) is 2.89. The molecular formula is C20H17ClN4. The zero-order chi connectivity index (χ0) is 17.2. The van der Waals surface area contributed by atoms with Crippen LogP contribution >= 0.6 is 11.6 Å². The molecule has 25 heavy (non-hydrogen) atoms. The van der Waals surface area contributed by atoms with E-state index in [2.05, 4.69) is 45.9 Å². The third-order valence-corrected chi connectivity index (χ3v) is 4.76. The molecule has 2 aliphatic rings. The fraction of sp³-hybridized carbons (Fsp3) is 0.150. The number of hydrogen-bond acceptors (Lipinski definition) is 4. The van der Waals surface area contributed by atoms with E-state index >= 15 is 0 Å². The molecule has 0 N–H and O–H groups in total. The Balaban J connectivity index is 1.82. The van der Waals surface area contributed by atoms with Crippen molar-refractivity contribution in [3.05, 3.63) is 78.4 Å². The van der Waals surface area contributed by atoms with Gasteiger partial charge in [-0.15, -0.1) is 23.3 Å². The van der Waals surface area contributed by atoms with Crippen LogP contribution < -0.4 is 4.90 Å². The van der Waals surface area contributed by atoms with Gasteiger partial charge in [0, 0.05) is 11.1 Å². The minimum atomic E-state index is -0.324. The highest BCUT2D eigenvalue weighted by Gasteiger charge is 2.28. The molecule has 5 heteroatoms. The molecule has 124 valence electrons. The Morgan fingerprint density at radius 1 is 1.04 bits per heavy atom. The van der Waals surface area contributed by atoms with Gasteiger partial charge in [0.2, 0.25) is 0 Å². The first-order valence-electron chi connectivity index (χ1n) is 8.14. The largest absolute Gasteiger partial charge is 0.320 e. The van der Waals surface area contributed by atoms with E-state index in [1.165, 1.54) is 0 Å². The molecule has 2 aromatic rings. The fourth-order valence-corrected chi connectivity index (χ4v) is 3.18. The second-order valence-electron chi connectivity index (χ2n) is 5.88. The lowest BCUT2D eigenvalue weighted by atomic mass is 10.00. The first-order valence-corrected chi connectivity index (χ1v) is 8.58. The van der Waals surface area contributed by atoms with Gasteiger partial charge in [0.05, 0.1) is 35.6 Å². The van der Waals surface area contributed by atoms with Crippen molar-refractivity contribution in [1.82, 2.24) is 0 Å². The summed E-state index contributed by atoms with van der Waals surface area (Å²) >= 11 is 6.29. The summed E-state index contributed by atoms with van der Waals surface area (Å²) in [4.78, 5) is 6.98. The van der Waals surface area contributed by atoms with E-state index in [4.69, 9.17) is 16.6 Å². The monoisotopic (exact) mass is 348 g/mol. The Morgan fingerprint density at radius 2 is 1.80 bits per heavy atom. The van der Waals surface area contributed by atoms with Gasteiger partial charge in [0.1, 0.15) is 0 Å².